The zero-order valence-electron chi connectivity index (χ0n) is 16.5. The van der Waals surface area contributed by atoms with Crippen LogP contribution in [-0.2, 0) is 19.4 Å². The number of benzene rings is 3. The number of hydrogen-bond acceptors (Lipinski definition) is 4. The molecule has 0 radical (unpaired) electrons. The van der Waals surface area contributed by atoms with Gasteiger partial charge in [-0.05, 0) is 58.2 Å². The molecule has 0 N–H and O–H groups in total. The maximum absolute atomic E-state index is 13.6. The minimum Gasteiger partial charge on any atom is -0.357 e. The fourth-order valence-corrected chi connectivity index (χ4v) is 4.19. The third kappa shape index (κ3) is 3.56. The Morgan fingerprint density at radius 2 is 1.67 bits per heavy atom. The van der Waals surface area contributed by atoms with Gasteiger partial charge in [-0.1, -0.05) is 60.7 Å². The highest BCUT2D eigenvalue weighted by molar-refractivity contribution is 5.60. The lowest BCUT2D eigenvalue weighted by Crippen LogP contribution is -2.30. The van der Waals surface area contributed by atoms with E-state index in [1.54, 1.807) is 0 Å². The molecule has 5 rings (SSSR count). The maximum Gasteiger partial charge on any atom is 0.178 e. The molecule has 1 aliphatic rings. The Morgan fingerprint density at radius 3 is 2.50 bits per heavy atom. The number of fused-ring (bicyclic) bond motifs is 1. The summed E-state index contributed by atoms with van der Waals surface area (Å²) in [5.41, 5.74) is 4.71. The lowest BCUT2D eigenvalue weighted by atomic mass is 10.0. The van der Waals surface area contributed by atoms with Gasteiger partial charge >= 0.3 is 0 Å². The zero-order valence-corrected chi connectivity index (χ0v) is 16.5. The molecule has 0 amide bonds. The molecule has 150 valence electrons. The Kier molecular flexibility index (Phi) is 4.97. The first-order chi connectivity index (χ1) is 14.8. The van der Waals surface area contributed by atoms with Gasteiger partial charge in [-0.25, -0.2) is 9.07 Å². The van der Waals surface area contributed by atoms with Crippen molar-refractivity contribution in [3.05, 3.63) is 107 Å². The lowest BCUT2D eigenvalue weighted by Gasteiger charge is -2.30. The Balaban J connectivity index is 1.52. The first-order valence-corrected chi connectivity index (χ1v) is 10.2. The van der Waals surface area contributed by atoms with Crippen molar-refractivity contribution in [2.45, 2.75) is 25.4 Å². The quantitative estimate of drug-likeness (QED) is 0.487. The lowest BCUT2D eigenvalue weighted by molar-refractivity contribution is 0.539. The average Bonchev–Trinajstić information content (AvgIpc) is 3.42. The Hall–Kier alpha value is -3.54. The van der Waals surface area contributed by atoms with E-state index in [-0.39, 0.29) is 11.9 Å². The van der Waals surface area contributed by atoms with Crippen molar-refractivity contribution in [1.29, 1.82) is 0 Å². The van der Waals surface area contributed by atoms with Crippen LogP contribution < -0.4 is 4.90 Å². The van der Waals surface area contributed by atoms with Crippen LogP contribution in [0.25, 0.3) is 0 Å². The highest BCUT2D eigenvalue weighted by Gasteiger charge is 2.32. The highest BCUT2D eigenvalue weighted by Crippen LogP contribution is 2.37. The predicted octanol–water partition coefficient (Wildman–Crippen LogP) is 4.21. The van der Waals surface area contributed by atoms with Crippen molar-refractivity contribution in [3.8, 4) is 0 Å². The number of para-hydroxylation sites is 1. The van der Waals surface area contributed by atoms with E-state index in [4.69, 9.17) is 0 Å². The van der Waals surface area contributed by atoms with Crippen LogP contribution in [0.4, 0.5) is 10.1 Å². The smallest absolute Gasteiger partial charge is 0.178 e. The SMILES string of the molecule is Fc1ccc(C(c2nnnn2CCc2ccccc2)N2CCc3ccccc32)cc1. The number of hydrogen-bond donors (Lipinski definition) is 0. The van der Waals surface area contributed by atoms with Gasteiger partial charge in [-0.2, -0.15) is 0 Å². The van der Waals surface area contributed by atoms with Gasteiger partial charge < -0.3 is 4.90 Å². The summed E-state index contributed by atoms with van der Waals surface area (Å²) in [4.78, 5) is 2.33. The number of aromatic nitrogens is 4. The van der Waals surface area contributed by atoms with E-state index >= 15 is 0 Å². The molecular weight excluding hydrogens is 377 g/mol. The van der Waals surface area contributed by atoms with Crippen molar-refractivity contribution in [2.24, 2.45) is 0 Å². The van der Waals surface area contributed by atoms with E-state index in [0.29, 0.717) is 6.54 Å². The minimum absolute atomic E-state index is 0.181. The van der Waals surface area contributed by atoms with Crippen LogP contribution in [-0.4, -0.2) is 26.8 Å². The molecule has 0 saturated heterocycles. The monoisotopic (exact) mass is 399 g/mol. The summed E-state index contributed by atoms with van der Waals surface area (Å²) in [6.07, 6.45) is 1.81. The summed E-state index contributed by atoms with van der Waals surface area (Å²) in [6, 6.07) is 25.2. The molecule has 2 heterocycles. The van der Waals surface area contributed by atoms with Crippen molar-refractivity contribution in [3.63, 3.8) is 0 Å². The van der Waals surface area contributed by atoms with Gasteiger partial charge in [0.25, 0.3) is 0 Å². The fourth-order valence-electron chi connectivity index (χ4n) is 4.19. The molecule has 0 spiro atoms. The second-order valence-electron chi connectivity index (χ2n) is 7.52. The largest absolute Gasteiger partial charge is 0.357 e. The second kappa shape index (κ2) is 8.06. The van der Waals surface area contributed by atoms with Crippen LogP contribution in [0.2, 0.25) is 0 Å². The number of anilines is 1. The molecule has 0 saturated carbocycles. The molecule has 1 unspecified atom stereocenters. The molecule has 0 aliphatic carbocycles. The van der Waals surface area contributed by atoms with Gasteiger partial charge in [0.1, 0.15) is 11.9 Å². The predicted molar refractivity (Wildman–Crippen MR) is 114 cm³/mol. The Labute approximate surface area is 174 Å². The van der Waals surface area contributed by atoms with E-state index in [9.17, 15) is 4.39 Å². The molecule has 3 aromatic carbocycles. The summed E-state index contributed by atoms with van der Waals surface area (Å²) >= 11 is 0. The molecule has 4 aromatic rings. The standard InChI is InChI=1S/C24H22FN5/c25-21-12-10-20(11-13-21)23(29-16-15-19-8-4-5-9-22(19)29)24-26-27-28-30(24)17-14-18-6-2-1-3-7-18/h1-13,23H,14-17H2. The van der Waals surface area contributed by atoms with E-state index in [0.717, 1.165) is 30.8 Å². The van der Waals surface area contributed by atoms with E-state index < -0.39 is 0 Å². The van der Waals surface area contributed by atoms with Gasteiger partial charge in [-0.3, -0.25) is 0 Å². The number of tetrazole rings is 1. The molecule has 1 atom stereocenters. The second-order valence-corrected chi connectivity index (χ2v) is 7.52. The normalized spacial score (nSPS) is 14.0. The van der Waals surface area contributed by atoms with Crippen LogP contribution in [0.3, 0.4) is 0 Å². The van der Waals surface area contributed by atoms with Crippen LogP contribution in [0.15, 0.2) is 78.9 Å². The molecule has 5 nitrogen and oxygen atoms in total. The first kappa shape index (κ1) is 18.5. The molecule has 0 bridgehead atoms. The minimum atomic E-state index is -0.247. The highest BCUT2D eigenvalue weighted by atomic mass is 19.1. The third-order valence-corrected chi connectivity index (χ3v) is 5.68. The zero-order chi connectivity index (χ0) is 20.3. The molecule has 30 heavy (non-hydrogen) atoms. The fraction of sp³-hybridized carbons (Fsp3) is 0.208. The third-order valence-electron chi connectivity index (χ3n) is 5.68. The average molecular weight is 399 g/mol. The molecule has 0 fully saturated rings. The molecular formula is C24H22FN5. The summed E-state index contributed by atoms with van der Waals surface area (Å²) in [6.45, 7) is 1.55. The molecule has 1 aliphatic heterocycles. The number of nitrogens with zero attached hydrogens (tertiary/aromatic N) is 5. The van der Waals surface area contributed by atoms with Crippen LogP contribution in [0, 0.1) is 5.82 Å². The van der Waals surface area contributed by atoms with E-state index in [1.807, 2.05) is 35.0 Å². The van der Waals surface area contributed by atoms with Crippen molar-refractivity contribution < 1.29 is 4.39 Å². The van der Waals surface area contributed by atoms with Crippen molar-refractivity contribution in [1.82, 2.24) is 20.2 Å². The maximum atomic E-state index is 13.6. The van der Waals surface area contributed by atoms with Gasteiger partial charge in [0.15, 0.2) is 5.82 Å². The summed E-state index contributed by atoms with van der Waals surface area (Å²) in [5.74, 6) is 0.525. The summed E-state index contributed by atoms with van der Waals surface area (Å²) < 4.78 is 15.5. The Morgan fingerprint density at radius 1 is 0.900 bits per heavy atom. The summed E-state index contributed by atoms with van der Waals surface area (Å²) in [5, 5.41) is 12.7. The van der Waals surface area contributed by atoms with E-state index in [1.165, 1.54) is 28.9 Å². The van der Waals surface area contributed by atoms with Gasteiger partial charge in [0.2, 0.25) is 0 Å². The van der Waals surface area contributed by atoms with Gasteiger partial charge in [-0.15, -0.1) is 5.10 Å². The first-order valence-electron chi connectivity index (χ1n) is 10.2. The number of rotatable bonds is 6. The van der Waals surface area contributed by atoms with Crippen LogP contribution in [0.1, 0.15) is 28.6 Å². The van der Waals surface area contributed by atoms with Crippen molar-refractivity contribution >= 4 is 5.69 Å². The number of halogens is 1. The Bertz CT molecular complexity index is 1120. The summed E-state index contributed by atoms with van der Waals surface area (Å²) in [7, 11) is 0. The van der Waals surface area contributed by atoms with Gasteiger partial charge in [0.05, 0.1) is 0 Å². The molecule has 6 heteroatoms. The van der Waals surface area contributed by atoms with Crippen molar-refractivity contribution in [2.75, 3.05) is 11.4 Å². The molecule has 1 aromatic heterocycles. The topological polar surface area (TPSA) is 46.8 Å². The van der Waals surface area contributed by atoms with Gasteiger partial charge in [0, 0.05) is 18.8 Å². The van der Waals surface area contributed by atoms with E-state index in [2.05, 4.69) is 56.8 Å². The van der Waals surface area contributed by atoms with Crippen LogP contribution in [0.5, 0.6) is 0 Å². The number of aryl methyl sites for hydroxylation is 2. The van der Waals surface area contributed by atoms with Crippen LogP contribution >= 0.6 is 0 Å².